The molecule has 0 radical (unpaired) electrons. The number of nitrogens with one attached hydrogen (secondary N) is 1. The summed E-state index contributed by atoms with van der Waals surface area (Å²) in [5, 5.41) is 19.9. The summed E-state index contributed by atoms with van der Waals surface area (Å²) in [6.45, 7) is 3.43. The quantitative estimate of drug-likeness (QED) is 0.741. The fraction of sp³-hybridized carbons (Fsp3) is 0.727. The van der Waals surface area contributed by atoms with E-state index < -0.39 is 6.10 Å². The van der Waals surface area contributed by atoms with Crippen molar-refractivity contribution in [2.24, 2.45) is 5.92 Å². The van der Waals surface area contributed by atoms with E-state index in [1.165, 1.54) is 0 Å². The van der Waals surface area contributed by atoms with Gasteiger partial charge in [-0.3, -0.25) is 4.79 Å². The normalized spacial score (nSPS) is 25.1. The molecule has 0 saturated carbocycles. The lowest BCUT2D eigenvalue weighted by Gasteiger charge is -2.32. The zero-order valence-corrected chi connectivity index (χ0v) is 10.6. The van der Waals surface area contributed by atoms with E-state index in [2.05, 4.69) is 20.3 Å². The van der Waals surface area contributed by atoms with Crippen LogP contribution in [0.25, 0.3) is 0 Å². The minimum absolute atomic E-state index is 0.156. The molecule has 100 valence electrons. The molecule has 2 rings (SSSR count). The minimum Gasteiger partial charge on any atom is -0.392 e. The Hall–Kier alpha value is -1.47. The molecule has 0 unspecified atom stereocenters. The Labute approximate surface area is 105 Å². The van der Waals surface area contributed by atoms with Crippen LogP contribution in [0.5, 0.6) is 0 Å². The highest BCUT2D eigenvalue weighted by Crippen LogP contribution is 2.16. The first-order chi connectivity index (χ1) is 8.58. The fourth-order valence-electron chi connectivity index (χ4n) is 2.07. The molecule has 1 fully saturated rings. The number of rotatable bonds is 3. The van der Waals surface area contributed by atoms with E-state index in [0.717, 1.165) is 6.54 Å². The molecule has 1 aliphatic heterocycles. The molecular formula is C11H18N4O3. The second kappa shape index (κ2) is 5.45. The molecule has 0 bridgehead atoms. The van der Waals surface area contributed by atoms with Gasteiger partial charge >= 0.3 is 0 Å². The van der Waals surface area contributed by atoms with E-state index in [9.17, 15) is 9.90 Å². The second-order valence-corrected chi connectivity index (χ2v) is 4.74. The van der Waals surface area contributed by atoms with Gasteiger partial charge in [-0.2, -0.15) is 0 Å². The van der Waals surface area contributed by atoms with Crippen molar-refractivity contribution in [3.05, 3.63) is 11.4 Å². The van der Waals surface area contributed by atoms with Gasteiger partial charge in [0.15, 0.2) is 0 Å². The number of piperidine rings is 1. The molecule has 0 aliphatic carbocycles. The van der Waals surface area contributed by atoms with Crippen LogP contribution >= 0.6 is 0 Å². The largest absolute Gasteiger partial charge is 0.392 e. The van der Waals surface area contributed by atoms with Gasteiger partial charge in [0.1, 0.15) is 11.4 Å². The van der Waals surface area contributed by atoms with Crippen molar-refractivity contribution < 1.29 is 14.5 Å². The molecule has 1 amide bonds. The summed E-state index contributed by atoms with van der Waals surface area (Å²) >= 11 is 0. The standard InChI is InChI=1S/C11H18N4O3/c1-7-9(14-18-13-7)5-12-11(17)8-6-15(2)4-3-10(8)16/h8,10,16H,3-6H2,1-2H3,(H,12,17)/t8-,10-/m1/s1. The molecular weight excluding hydrogens is 236 g/mol. The third kappa shape index (κ3) is 2.85. The predicted octanol–water partition coefficient (Wildman–Crippen LogP) is -0.693. The Kier molecular flexibility index (Phi) is 3.93. The third-order valence-corrected chi connectivity index (χ3v) is 3.29. The first-order valence-electron chi connectivity index (χ1n) is 6.00. The van der Waals surface area contributed by atoms with Crippen LogP contribution in [0.1, 0.15) is 17.8 Å². The van der Waals surface area contributed by atoms with E-state index in [0.29, 0.717) is 24.4 Å². The average Bonchev–Trinajstić information content (AvgIpc) is 2.75. The molecule has 2 N–H and O–H groups in total. The van der Waals surface area contributed by atoms with Crippen LogP contribution in [0.2, 0.25) is 0 Å². The number of carbonyl (C=O) groups is 1. The van der Waals surface area contributed by atoms with E-state index in [1.807, 2.05) is 11.9 Å². The zero-order valence-electron chi connectivity index (χ0n) is 10.6. The highest BCUT2D eigenvalue weighted by atomic mass is 16.6. The van der Waals surface area contributed by atoms with Crippen molar-refractivity contribution in [2.45, 2.75) is 26.0 Å². The van der Waals surface area contributed by atoms with E-state index in [4.69, 9.17) is 0 Å². The molecule has 1 aromatic heterocycles. The first-order valence-corrected chi connectivity index (χ1v) is 6.00. The summed E-state index contributed by atoms with van der Waals surface area (Å²) in [6.07, 6.45) is 0.0526. The Balaban J connectivity index is 1.89. The summed E-state index contributed by atoms with van der Waals surface area (Å²) in [6, 6.07) is 0. The molecule has 7 heteroatoms. The van der Waals surface area contributed by atoms with Crippen LogP contribution < -0.4 is 5.32 Å². The number of aliphatic hydroxyl groups is 1. The lowest BCUT2D eigenvalue weighted by Crippen LogP contribution is -2.48. The van der Waals surface area contributed by atoms with Crippen LogP contribution in [0.3, 0.4) is 0 Å². The molecule has 0 spiro atoms. The smallest absolute Gasteiger partial charge is 0.227 e. The van der Waals surface area contributed by atoms with Crippen molar-refractivity contribution in [1.29, 1.82) is 0 Å². The summed E-state index contributed by atoms with van der Waals surface area (Å²) in [5.74, 6) is -0.541. The Morgan fingerprint density at radius 3 is 3.06 bits per heavy atom. The number of carbonyl (C=O) groups excluding carboxylic acids is 1. The van der Waals surface area contributed by atoms with Gasteiger partial charge in [0.25, 0.3) is 0 Å². The third-order valence-electron chi connectivity index (χ3n) is 3.29. The number of nitrogens with zero attached hydrogens (tertiary/aromatic N) is 3. The number of hydrogen-bond acceptors (Lipinski definition) is 6. The van der Waals surface area contributed by atoms with Gasteiger partial charge in [-0.05, 0) is 20.4 Å². The molecule has 1 saturated heterocycles. The summed E-state index contributed by atoms with van der Waals surface area (Å²) in [7, 11) is 1.94. The van der Waals surface area contributed by atoms with E-state index >= 15 is 0 Å². The second-order valence-electron chi connectivity index (χ2n) is 4.74. The van der Waals surface area contributed by atoms with Crippen molar-refractivity contribution >= 4 is 5.91 Å². The van der Waals surface area contributed by atoms with Crippen LogP contribution in [0.15, 0.2) is 4.63 Å². The zero-order chi connectivity index (χ0) is 13.1. The molecule has 18 heavy (non-hydrogen) atoms. The van der Waals surface area contributed by atoms with Gasteiger partial charge in [0.2, 0.25) is 5.91 Å². The molecule has 7 nitrogen and oxygen atoms in total. The number of aryl methyl sites for hydroxylation is 1. The Morgan fingerprint density at radius 2 is 2.39 bits per heavy atom. The van der Waals surface area contributed by atoms with Crippen molar-refractivity contribution in [1.82, 2.24) is 20.5 Å². The highest BCUT2D eigenvalue weighted by molar-refractivity contribution is 5.79. The topological polar surface area (TPSA) is 91.5 Å². The maximum absolute atomic E-state index is 12.0. The lowest BCUT2D eigenvalue weighted by atomic mass is 9.94. The maximum Gasteiger partial charge on any atom is 0.227 e. The molecule has 1 aliphatic rings. The molecule has 0 aromatic carbocycles. The van der Waals surface area contributed by atoms with E-state index in [-0.39, 0.29) is 18.4 Å². The van der Waals surface area contributed by atoms with Gasteiger partial charge in [-0.1, -0.05) is 10.3 Å². The first kappa shape index (κ1) is 13.0. The number of amides is 1. The minimum atomic E-state index is -0.572. The fourth-order valence-corrected chi connectivity index (χ4v) is 2.07. The van der Waals surface area contributed by atoms with Crippen molar-refractivity contribution in [3.8, 4) is 0 Å². The van der Waals surface area contributed by atoms with Crippen molar-refractivity contribution in [3.63, 3.8) is 0 Å². The monoisotopic (exact) mass is 254 g/mol. The van der Waals surface area contributed by atoms with Gasteiger partial charge in [0.05, 0.1) is 18.6 Å². The summed E-state index contributed by atoms with van der Waals surface area (Å²) < 4.78 is 4.55. The number of aromatic nitrogens is 2. The van der Waals surface area contributed by atoms with Gasteiger partial charge < -0.3 is 15.3 Å². The van der Waals surface area contributed by atoms with Gasteiger partial charge in [-0.25, -0.2) is 4.63 Å². The summed E-state index contributed by atoms with van der Waals surface area (Å²) in [4.78, 5) is 14.0. The van der Waals surface area contributed by atoms with Crippen LogP contribution in [-0.2, 0) is 11.3 Å². The Morgan fingerprint density at radius 1 is 1.61 bits per heavy atom. The molecule has 1 aromatic rings. The van der Waals surface area contributed by atoms with Gasteiger partial charge in [0, 0.05) is 13.1 Å². The molecule has 2 atom stereocenters. The lowest BCUT2D eigenvalue weighted by molar-refractivity contribution is -0.131. The number of aliphatic hydroxyl groups excluding tert-OH is 1. The van der Waals surface area contributed by atoms with Crippen LogP contribution in [0.4, 0.5) is 0 Å². The van der Waals surface area contributed by atoms with Crippen molar-refractivity contribution in [2.75, 3.05) is 20.1 Å². The van der Waals surface area contributed by atoms with Crippen LogP contribution in [0, 0.1) is 12.8 Å². The molecule has 2 heterocycles. The Bertz CT molecular complexity index is 420. The summed E-state index contributed by atoms with van der Waals surface area (Å²) in [5.41, 5.74) is 1.28. The number of hydrogen-bond donors (Lipinski definition) is 2. The maximum atomic E-state index is 12.0. The average molecular weight is 254 g/mol. The SMILES string of the molecule is Cc1nonc1CNC(=O)[C@@H]1CN(C)CC[C@H]1O. The van der Waals surface area contributed by atoms with E-state index in [1.54, 1.807) is 6.92 Å². The highest BCUT2D eigenvalue weighted by Gasteiger charge is 2.31. The van der Waals surface area contributed by atoms with Crippen LogP contribution in [-0.4, -0.2) is 52.5 Å². The number of likely N-dealkylation sites (tertiary alicyclic amines) is 1. The van der Waals surface area contributed by atoms with Gasteiger partial charge in [-0.15, -0.1) is 0 Å². The predicted molar refractivity (Wildman–Crippen MR) is 62.5 cm³/mol.